The van der Waals surface area contributed by atoms with Crippen molar-refractivity contribution in [2.75, 3.05) is 25.0 Å². The zero-order chi connectivity index (χ0) is 23.9. The third-order valence-corrected chi connectivity index (χ3v) is 7.59. The van der Waals surface area contributed by atoms with Crippen LogP contribution in [0.1, 0.15) is 56.0 Å². The van der Waals surface area contributed by atoms with E-state index in [0.29, 0.717) is 18.8 Å². The maximum Gasteiger partial charge on any atom is 0.340 e. The minimum atomic E-state index is -3.77. The van der Waals surface area contributed by atoms with Crippen molar-refractivity contribution < 1.29 is 22.7 Å². The average molecular weight is 481 g/mol. The summed E-state index contributed by atoms with van der Waals surface area (Å²) < 4.78 is 31.8. The smallest absolute Gasteiger partial charge is 0.340 e. The van der Waals surface area contributed by atoms with Gasteiger partial charge in [0.25, 0.3) is 5.91 Å². The number of hydrogen-bond donors (Lipinski definition) is 1. The van der Waals surface area contributed by atoms with Gasteiger partial charge in [-0.25, -0.2) is 13.2 Å². The highest BCUT2D eigenvalue weighted by atomic mass is 35.5. The van der Waals surface area contributed by atoms with Crippen molar-refractivity contribution in [1.29, 1.82) is 0 Å². The molecular formula is C23H29ClN2O5S. The van der Waals surface area contributed by atoms with E-state index in [1.807, 2.05) is 18.2 Å². The van der Waals surface area contributed by atoms with Crippen molar-refractivity contribution in [1.82, 2.24) is 4.31 Å². The second-order valence-corrected chi connectivity index (χ2v) is 9.60. The number of hydrogen-bond acceptors (Lipinski definition) is 5. The zero-order valence-corrected chi connectivity index (χ0v) is 20.3. The number of ether oxygens (including phenoxy) is 1. The lowest BCUT2D eigenvalue weighted by atomic mass is 9.97. The molecule has 0 fully saturated rings. The monoisotopic (exact) mass is 480 g/mol. The fourth-order valence-electron chi connectivity index (χ4n) is 3.19. The Hall–Kier alpha value is -2.42. The molecule has 0 spiro atoms. The van der Waals surface area contributed by atoms with Gasteiger partial charge in [0.05, 0.1) is 15.5 Å². The molecule has 0 aliphatic heterocycles. The first-order valence-corrected chi connectivity index (χ1v) is 12.3. The van der Waals surface area contributed by atoms with Gasteiger partial charge in [0.15, 0.2) is 6.61 Å². The van der Waals surface area contributed by atoms with E-state index in [1.54, 1.807) is 19.9 Å². The highest BCUT2D eigenvalue weighted by molar-refractivity contribution is 7.89. The van der Waals surface area contributed by atoms with Crippen molar-refractivity contribution >= 4 is 39.2 Å². The first kappa shape index (κ1) is 25.8. The summed E-state index contributed by atoms with van der Waals surface area (Å²) in [6, 6.07) is 11.3. The molecule has 1 atom stereocenters. The van der Waals surface area contributed by atoms with Crippen molar-refractivity contribution in [3.63, 3.8) is 0 Å². The number of nitrogens with zero attached hydrogens (tertiary/aromatic N) is 1. The Morgan fingerprint density at radius 3 is 2.38 bits per heavy atom. The van der Waals surface area contributed by atoms with Crippen LogP contribution in [0.5, 0.6) is 0 Å². The van der Waals surface area contributed by atoms with Gasteiger partial charge in [-0.2, -0.15) is 4.31 Å². The molecule has 2 aromatic rings. The van der Waals surface area contributed by atoms with E-state index in [1.165, 1.54) is 22.5 Å². The van der Waals surface area contributed by atoms with Crippen LogP contribution in [-0.4, -0.2) is 44.3 Å². The summed E-state index contributed by atoms with van der Waals surface area (Å²) in [5.41, 5.74) is 1.54. The first-order valence-electron chi connectivity index (χ1n) is 10.5. The van der Waals surface area contributed by atoms with Crippen LogP contribution in [0.2, 0.25) is 5.02 Å². The maximum atomic E-state index is 12.7. The van der Waals surface area contributed by atoms with Gasteiger partial charge in [0.1, 0.15) is 0 Å². The molecule has 2 rings (SSSR count). The minimum absolute atomic E-state index is 0.0380. The highest BCUT2D eigenvalue weighted by Gasteiger charge is 2.24. The van der Waals surface area contributed by atoms with Gasteiger partial charge in [-0.15, -0.1) is 0 Å². The molecule has 0 bridgehead atoms. The van der Waals surface area contributed by atoms with E-state index in [4.69, 9.17) is 16.3 Å². The Kier molecular flexibility index (Phi) is 9.24. The molecule has 0 saturated carbocycles. The van der Waals surface area contributed by atoms with Gasteiger partial charge < -0.3 is 10.1 Å². The Labute approximate surface area is 194 Å². The number of carbonyl (C=O) groups is 2. The van der Waals surface area contributed by atoms with Crippen LogP contribution in [-0.2, 0) is 19.6 Å². The molecular weight excluding hydrogens is 452 g/mol. The number of carbonyl (C=O) groups excluding carboxylic acids is 2. The van der Waals surface area contributed by atoms with Gasteiger partial charge in [0, 0.05) is 18.8 Å². The molecule has 7 nitrogen and oxygen atoms in total. The second-order valence-electron chi connectivity index (χ2n) is 7.25. The molecule has 0 radical (unpaired) electrons. The molecule has 174 valence electrons. The molecule has 0 aliphatic rings. The number of benzene rings is 2. The molecule has 2 aromatic carbocycles. The van der Waals surface area contributed by atoms with Gasteiger partial charge in [0.2, 0.25) is 10.0 Å². The number of esters is 1. The van der Waals surface area contributed by atoms with E-state index >= 15 is 0 Å². The van der Waals surface area contributed by atoms with Crippen LogP contribution in [0, 0.1) is 0 Å². The largest absolute Gasteiger partial charge is 0.452 e. The van der Waals surface area contributed by atoms with Gasteiger partial charge >= 0.3 is 5.97 Å². The number of halogens is 1. The first-order chi connectivity index (χ1) is 15.1. The topological polar surface area (TPSA) is 92.8 Å². The third-order valence-electron chi connectivity index (χ3n) is 5.21. The fraction of sp³-hybridized carbons (Fsp3) is 0.391. The lowest BCUT2D eigenvalue weighted by Crippen LogP contribution is -2.30. The maximum absolute atomic E-state index is 12.7. The number of anilines is 1. The molecule has 0 saturated heterocycles. The Morgan fingerprint density at radius 2 is 1.75 bits per heavy atom. The summed E-state index contributed by atoms with van der Waals surface area (Å²) in [4.78, 5) is 24.8. The molecule has 1 amide bonds. The standard InChI is InChI=1S/C23H29ClN2O5S/c1-5-16(4)18-10-8-9-11-21(18)25-22(27)15-31-23(28)19-14-17(12-13-20(19)24)32(29,30)26(6-2)7-3/h8-14,16H,5-7,15H2,1-4H3,(H,25,27)/t16-/m0/s1. The minimum Gasteiger partial charge on any atom is -0.452 e. The van der Waals surface area contributed by atoms with E-state index in [-0.39, 0.29) is 21.4 Å². The summed E-state index contributed by atoms with van der Waals surface area (Å²) >= 11 is 6.10. The number of rotatable bonds is 10. The third kappa shape index (κ3) is 6.09. The predicted molar refractivity (Wildman–Crippen MR) is 126 cm³/mol. The molecule has 0 aliphatic carbocycles. The van der Waals surface area contributed by atoms with Gasteiger partial charge in [-0.1, -0.05) is 57.5 Å². The molecule has 1 N–H and O–H groups in total. The van der Waals surface area contributed by atoms with Crippen molar-refractivity contribution in [2.45, 2.75) is 44.9 Å². The van der Waals surface area contributed by atoms with E-state index in [2.05, 4.69) is 19.2 Å². The molecule has 0 unspecified atom stereocenters. The fourth-order valence-corrected chi connectivity index (χ4v) is 4.87. The van der Waals surface area contributed by atoms with Crippen molar-refractivity contribution in [3.8, 4) is 0 Å². The summed E-state index contributed by atoms with van der Waals surface area (Å²) in [5, 5.41) is 2.80. The summed E-state index contributed by atoms with van der Waals surface area (Å²) in [6.45, 7) is 7.63. The summed E-state index contributed by atoms with van der Waals surface area (Å²) in [5.74, 6) is -1.13. The van der Waals surface area contributed by atoms with Crippen molar-refractivity contribution in [3.05, 3.63) is 58.6 Å². The number of sulfonamides is 1. The SMILES string of the molecule is CC[C@H](C)c1ccccc1NC(=O)COC(=O)c1cc(S(=O)(=O)N(CC)CC)ccc1Cl. The molecule has 0 heterocycles. The van der Waals surface area contributed by atoms with Gasteiger partial charge in [-0.05, 0) is 42.2 Å². The Bertz CT molecular complexity index is 1070. The highest BCUT2D eigenvalue weighted by Crippen LogP contribution is 2.27. The average Bonchev–Trinajstić information content (AvgIpc) is 2.78. The van der Waals surface area contributed by atoms with Crippen LogP contribution in [0.3, 0.4) is 0 Å². The van der Waals surface area contributed by atoms with E-state index in [9.17, 15) is 18.0 Å². The van der Waals surface area contributed by atoms with Crippen LogP contribution >= 0.6 is 11.6 Å². The summed E-state index contributed by atoms with van der Waals surface area (Å²) in [6.07, 6.45) is 0.910. The van der Waals surface area contributed by atoms with E-state index in [0.717, 1.165) is 12.0 Å². The zero-order valence-electron chi connectivity index (χ0n) is 18.7. The van der Waals surface area contributed by atoms with Crippen LogP contribution in [0.25, 0.3) is 0 Å². The molecule has 32 heavy (non-hydrogen) atoms. The normalized spacial score (nSPS) is 12.4. The lowest BCUT2D eigenvalue weighted by molar-refractivity contribution is -0.119. The lowest BCUT2D eigenvalue weighted by Gasteiger charge is -2.19. The number of nitrogens with one attached hydrogen (secondary N) is 1. The van der Waals surface area contributed by atoms with Crippen LogP contribution in [0.4, 0.5) is 5.69 Å². The number of amides is 1. The molecule has 9 heteroatoms. The Balaban J connectivity index is 2.13. The van der Waals surface area contributed by atoms with Crippen LogP contribution in [0.15, 0.2) is 47.4 Å². The van der Waals surface area contributed by atoms with Gasteiger partial charge in [-0.3, -0.25) is 4.79 Å². The van der Waals surface area contributed by atoms with Crippen molar-refractivity contribution in [2.24, 2.45) is 0 Å². The summed E-state index contributed by atoms with van der Waals surface area (Å²) in [7, 11) is -3.77. The second kappa shape index (κ2) is 11.4. The molecule has 0 aromatic heterocycles. The Morgan fingerprint density at radius 1 is 1.09 bits per heavy atom. The predicted octanol–water partition coefficient (Wildman–Crippen LogP) is 4.68. The number of para-hydroxylation sites is 1. The van der Waals surface area contributed by atoms with E-state index < -0.39 is 28.5 Å². The quantitative estimate of drug-likeness (QED) is 0.498. The van der Waals surface area contributed by atoms with Crippen LogP contribution < -0.4 is 5.32 Å².